The van der Waals surface area contributed by atoms with Gasteiger partial charge in [0, 0.05) is 25.7 Å². The van der Waals surface area contributed by atoms with Crippen molar-refractivity contribution in [2.24, 2.45) is 0 Å². The lowest BCUT2D eigenvalue weighted by molar-refractivity contribution is 0.0917. The first-order chi connectivity index (χ1) is 10.9. The molecule has 1 aromatic carbocycles. The third-order valence-corrected chi connectivity index (χ3v) is 5.24. The van der Waals surface area contributed by atoms with E-state index in [0.717, 1.165) is 17.1 Å². The van der Waals surface area contributed by atoms with Crippen molar-refractivity contribution in [1.29, 1.82) is 0 Å². The Bertz CT molecular complexity index is 823. The molecule has 0 spiro atoms. The van der Waals surface area contributed by atoms with Crippen LogP contribution in [0.15, 0.2) is 33.6 Å². The number of nitrogens with one attached hydrogen (secondary N) is 1. The standard InChI is InChI=1S/C14H16N4O4S/c1-18(2)23(20,21)11-7-3-9(4-8-11)13-16-17-14(22-13)12(19)15-10-5-6-10/h3-4,7-8,10H,5-6H2,1-2H3,(H,15,19). The third-order valence-electron chi connectivity index (χ3n) is 3.41. The third kappa shape index (κ3) is 3.25. The van der Waals surface area contributed by atoms with Crippen molar-refractivity contribution >= 4 is 15.9 Å². The van der Waals surface area contributed by atoms with E-state index in [4.69, 9.17) is 4.42 Å². The van der Waals surface area contributed by atoms with Crippen molar-refractivity contribution < 1.29 is 17.6 Å². The quantitative estimate of drug-likeness (QED) is 0.869. The molecule has 2 aromatic rings. The van der Waals surface area contributed by atoms with Crippen LogP contribution < -0.4 is 5.32 Å². The van der Waals surface area contributed by atoms with Crippen molar-refractivity contribution in [3.8, 4) is 11.5 Å². The van der Waals surface area contributed by atoms with E-state index in [0.29, 0.717) is 5.56 Å². The van der Waals surface area contributed by atoms with Crippen molar-refractivity contribution in [3.05, 3.63) is 30.2 Å². The van der Waals surface area contributed by atoms with E-state index >= 15 is 0 Å². The average molecular weight is 336 g/mol. The van der Waals surface area contributed by atoms with Crippen molar-refractivity contribution in [2.75, 3.05) is 14.1 Å². The maximum atomic E-state index is 12.0. The fourth-order valence-electron chi connectivity index (χ4n) is 1.89. The summed E-state index contributed by atoms with van der Waals surface area (Å²) in [6.45, 7) is 0. The first-order valence-electron chi connectivity index (χ1n) is 7.05. The molecule has 1 aromatic heterocycles. The van der Waals surface area contributed by atoms with Gasteiger partial charge in [-0.2, -0.15) is 0 Å². The fourth-order valence-corrected chi connectivity index (χ4v) is 2.79. The van der Waals surface area contributed by atoms with Crippen molar-refractivity contribution in [2.45, 2.75) is 23.8 Å². The highest BCUT2D eigenvalue weighted by molar-refractivity contribution is 7.89. The van der Waals surface area contributed by atoms with E-state index in [-0.39, 0.29) is 22.7 Å². The van der Waals surface area contributed by atoms with Gasteiger partial charge >= 0.3 is 11.8 Å². The molecule has 8 nitrogen and oxygen atoms in total. The van der Waals surface area contributed by atoms with Gasteiger partial charge in [0.05, 0.1) is 4.90 Å². The molecule has 1 fully saturated rings. The Balaban J connectivity index is 1.80. The number of sulfonamides is 1. The second-order valence-corrected chi connectivity index (χ2v) is 7.62. The van der Waals surface area contributed by atoms with Crippen LogP contribution in [0.25, 0.3) is 11.5 Å². The molecule has 0 unspecified atom stereocenters. The van der Waals surface area contributed by atoms with Gasteiger partial charge in [0.15, 0.2) is 0 Å². The maximum Gasteiger partial charge on any atom is 0.309 e. The van der Waals surface area contributed by atoms with Gasteiger partial charge in [0.25, 0.3) is 0 Å². The van der Waals surface area contributed by atoms with Crippen LogP contribution >= 0.6 is 0 Å². The number of benzene rings is 1. The van der Waals surface area contributed by atoms with Crippen LogP contribution in [-0.4, -0.2) is 49.0 Å². The summed E-state index contributed by atoms with van der Waals surface area (Å²) in [4.78, 5) is 12.0. The molecule has 3 rings (SSSR count). The summed E-state index contributed by atoms with van der Waals surface area (Å²) >= 11 is 0. The molecule has 1 aliphatic rings. The molecule has 122 valence electrons. The first-order valence-corrected chi connectivity index (χ1v) is 8.49. The van der Waals surface area contributed by atoms with Crippen LogP contribution in [-0.2, 0) is 10.0 Å². The molecule has 0 saturated heterocycles. The van der Waals surface area contributed by atoms with Crippen LogP contribution in [0.5, 0.6) is 0 Å². The van der Waals surface area contributed by atoms with Gasteiger partial charge in [-0.3, -0.25) is 4.79 Å². The normalized spacial score (nSPS) is 14.9. The van der Waals surface area contributed by atoms with E-state index in [1.54, 1.807) is 12.1 Å². The Labute approximate surface area is 133 Å². The average Bonchev–Trinajstić information content (AvgIpc) is 3.19. The van der Waals surface area contributed by atoms with Crippen LogP contribution in [0.4, 0.5) is 0 Å². The number of hydrogen-bond donors (Lipinski definition) is 1. The number of amides is 1. The second kappa shape index (κ2) is 5.74. The number of carbonyl (C=O) groups excluding carboxylic acids is 1. The Morgan fingerprint density at radius 1 is 1.22 bits per heavy atom. The highest BCUT2D eigenvalue weighted by Gasteiger charge is 2.26. The molecule has 1 aliphatic carbocycles. The summed E-state index contributed by atoms with van der Waals surface area (Å²) in [5.41, 5.74) is 0.542. The highest BCUT2D eigenvalue weighted by atomic mass is 32.2. The second-order valence-electron chi connectivity index (χ2n) is 5.47. The molecule has 0 atom stereocenters. The maximum absolute atomic E-state index is 12.0. The van der Waals surface area contributed by atoms with Crippen molar-refractivity contribution in [1.82, 2.24) is 19.8 Å². The summed E-state index contributed by atoms with van der Waals surface area (Å²) in [7, 11) is -0.559. The minimum atomic E-state index is -3.49. The number of rotatable bonds is 5. The zero-order chi connectivity index (χ0) is 16.6. The molecule has 1 N–H and O–H groups in total. The lowest BCUT2D eigenvalue weighted by Crippen LogP contribution is -2.25. The van der Waals surface area contributed by atoms with E-state index in [9.17, 15) is 13.2 Å². The van der Waals surface area contributed by atoms with Gasteiger partial charge in [-0.15, -0.1) is 10.2 Å². The monoisotopic (exact) mass is 336 g/mol. The first kappa shape index (κ1) is 15.6. The zero-order valence-electron chi connectivity index (χ0n) is 12.7. The lowest BCUT2D eigenvalue weighted by Gasteiger charge is -2.11. The molecule has 0 aliphatic heterocycles. The van der Waals surface area contributed by atoms with Gasteiger partial charge in [-0.25, -0.2) is 12.7 Å². The van der Waals surface area contributed by atoms with Crippen molar-refractivity contribution in [3.63, 3.8) is 0 Å². The summed E-state index contributed by atoms with van der Waals surface area (Å²) in [6, 6.07) is 6.24. The molecule has 23 heavy (non-hydrogen) atoms. The van der Waals surface area contributed by atoms with Crippen LogP contribution in [0, 0.1) is 0 Å². The molecule has 0 radical (unpaired) electrons. The van der Waals surface area contributed by atoms with E-state index in [2.05, 4.69) is 15.5 Å². The Hall–Kier alpha value is -2.26. The predicted octanol–water partition coefficient (Wildman–Crippen LogP) is 0.879. The lowest BCUT2D eigenvalue weighted by atomic mass is 10.2. The van der Waals surface area contributed by atoms with Gasteiger partial charge in [0.2, 0.25) is 15.9 Å². The van der Waals surface area contributed by atoms with E-state index < -0.39 is 15.9 Å². The molecular formula is C14H16N4O4S. The minimum Gasteiger partial charge on any atom is -0.412 e. The van der Waals surface area contributed by atoms with E-state index in [1.807, 2.05) is 0 Å². The largest absolute Gasteiger partial charge is 0.412 e. The number of hydrogen-bond acceptors (Lipinski definition) is 6. The van der Waals surface area contributed by atoms with Gasteiger partial charge in [-0.05, 0) is 37.1 Å². The number of nitrogens with zero attached hydrogens (tertiary/aromatic N) is 3. The molecular weight excluding hydrogens is 320 g/mol. The molecule has 9 heteroatoms. The van der Waals surface area contributed by atoms with Crippen LogP contribution in [0.3, 0.4) is 0 Å². The highest BCUT2D eigenvalue weighted by Crippen LogP contribution is 2.22. The van der Waals surface area contributed by atoms with Gasteiger partial charge in [-0.1, -0.05) is 0 Å². The summed E-state index contributed by atoms with van der Waals surface area (Å²) < 4.78 is 30.5. The Morgan fingerprint density at radius 2 is 1.87 bits per heavy atom. The zero-order valence-corrected chi connectivity index (χ0v) is 13.5. The predicted molar refractivity (Wildman–Crippen MR) is 81.1 cm³/mol. The SMILES string of the molecule is CN(C)S(=O)(=O)c1ccc(-c2nnc(C(=O)NC3CC3)o2)cc1. The minimum absolute atomic E-state index is 0.100. The van der Waals surface area contributed by atoms with Crippen LogP contribution in [0.2, 0.25) is 0 Å². The van der Waals surface area contributed by atoms with Gasteiger partial charge in [0.1, 0.15) is 0 Å². The summed E-state index contributed by atoms with van der Waals surface area (Å²) in [5.74, 6) is -0.324. The van der Waals surface area contributed by atoms with Gasteiger partial charge < -0.3 is 9.73 Å². The van der Waals surface area contributed by atoms with E-state index in [1.165, 1.54) is 26.2 Å². The molecule has 1 heterocycles. The number of aromatic nitrogens is 2. The number of carbonyl (C=O) groups is 1. The summed E-state index contributed by atoms with van der Waals surface area (Å²) in [5, 5.41) is 10.3. The fraction of sp³-hybridized carbons (Fsp3) is 0.357. The molecule has 1 amide bonds. The van der Waals surface area contributed by atoms with Crippen LogP contribution in [0.1, 0.15) is 23.5 Å². The molecule has 1 saturated carbocycles. The summed E-state index contributed by atoms with van der Waals surface area (Å²) in [6.07, 6.45) is 1.93. The Kier molecular flexibility index (Phi) is 3.90. The smallest absolute Gasteiger partial charge is 0.309 e. The topological polar surface area (TPSA) is 105 Å². The Morgan fingerprint density at radius 3 is 2.43 bits per heavy atom. The molecule has 0 bridgehead atoms.